The Balaban J connectivity index is 2.08. The van der Waals surface area contributed by atoms with E-state index in [4.69, 9.17) is 34.8 Å². The van der Waals surface area contributed by atoms with Crippen molar-refractivity contribution in [3.05, 3.63) is 92.9 Å². The third kappa shape index (κ3) is 8.38. The van der Waals surface area contributed by atoms with E-state index in [0.717, 1.165) is 9.87 Å². The number of hydrogen-bond donors (Lipinski definition) is 1. The van der Waals surface area contributed by atoms with Crippen molar-refractivity contribution in [2.45, 2.75) is 51.6 Å². The van der Waals surface area contributed by atoms with Gasteiger partial charge in [0.15, 0.2) is 0 Å². The van der Waals surface area contributed by atoms with Gasteiger partial charge in [0.05, 0.1) is 20.6 Å². The van der Waals surface area contributed by atoms with E-state index in [2.05, 4.69) is 5.32 Å². The van der Waals surface area contributed by atoms with E-state index in [0.29, 0.717) is 23.6 Å². The van der Waals surface area contributed by atoms with Crippen LogP contribution in [0.3, 0.4) is 0 Å². The number of benzene rings is 3. The van der Waals surface area contributed by atoms with Crippen molar-refractivity contribution in [2.75, 3.05) is 17.4 Å². The minimum absolute atomic E-state index is 0.00124. The molecule has 1 unspecified atom stereocenters. The fraction of sp³-hybridized carbons (Fsp3) is 0.333. The Bertz CT molecular complexity index is 1480. The minimum atomic E-state index is -4.23. The van der Waals surface area contributed by atoms with Crippen LogP contribution in [0.5, 0.6) is 0 Å². The van der Waals surface area contributed by atoms with E-state index in [1.807, 2.05) is 20.8 Å². The standard InChI is InChI=1S/C30H34Cl3N3O4S/c1-5-28(30(38)34-17-20(2)3)35(18-22-8-6-7-9-25(22)31)29(37)19-36(23-12-15-26(32)27(33)16-23)41(39,40)24-13-10-21(4)11-14-24/h6-16,20,28H,5,17-19H2,1-4H3,(H,34,38). The molecule has 0 saturated heterocycles. The lowest BCUT2D eigenvalue weighted by Gasteiger charge is -2.33. The van der Waals surface area contributed by atoms with E-state index in [1.54, 1.807) is 43.3 Å². The second kappa shape index (κ2) is 14.4. The van der Waals surface area contributed by atoms with Crippen molar-refractivity contribution in [3.63, 3.8) is 0 Å². The average molecular weight is 639 g/mol. The van der Waals surface area contributed by atoms with Crippen LogP contribution in [0, 0.1) is 12.8 Å². The zero-order valence-electron chi connectivity index (χ0n) is 23.4. The first-order valence-corrected chi connectivity index (χ1v) is 15.8. The highest BCUT2D eigenvalue weighted by Crippen LogP contribution is 2.31. The first kappa shape index (κ1) is 32.7. The van der Waals surface area contributed by atoms with Crippen LogP contribution in [-0.4, -0.2) is 44.3 Å². The molecule has 41 heavy (non-hydrogen) atoms. The lowest BCUT2D eigenvalue weighted by Crippen LogP contribution is -2.52. The molecule has 0 spiro atoms. The van der Waals surface area contributed by atoms with Gasteiger partial charge in [0.25, 0.3) is 10.0 Å². The molecule has 0 heterocycles. The van der Waals surface area contributed by atoms with Crippen LogP contribution < -0.4 is 9.62 Å². The Morgan fingerprint density at radius 3 is 2.15 bits per heavy atom. The monoisotopic (exact) mass is 637 g/mol. The predicted molar refractivity (Wildman–Crippen MR) is 166 cm³/mol. The van der Waals surface area contributed by atoms with E-state index in [1.165, 1.54) is 35.2 Å². The number of nitrogens with zero attached hydrogens (tertiary/aromatic N) is 2. The Labute approximate surface area is 257 Å². The molecule has 3 rings (SSSR count). The van der Waals surface area contributed by atoms with Crippen molar-refractivity contribution >= 4 is 62.3 Å². The molecular formula is C30H34Cl3N3O4S. The van der Waals surface area contributed by atoms with Crippen molar-refractivity contribution in [1.29, 1.82) is 0 Å². The van der Waals surface area contributed by atoms with E-state index < -0.39 is 28.5 Å². The molecule has 0 saturated carbocycles. The molecule has 1 N–H and O–H groups in total. The van der Waals surface area contributed by atoms with Crippen LogP contribution >= 0.6 is 34.8 Å². The van der Waals surface area contributed by atoms with E-state index in [-0.39, 0.29) is 39.0 Å². The summed E-state index contributed by atoms with van der Waals surface area (Å²) >= 11 is 18.8. The normalized spacial score (nSPS) is 12.2. The molecule has 0 fully saturated rings. The summed E-state index contributed by atoms with van der Waals surface area (Å²) < 4.78 is 28.9. The average Bonchev–Trinajstić information content (AvgIpc) is 2.93. The first-order valence-electron chi connectivity index (χ1n) is 13.2. The van der Waals surface area contributed by atoms with Gasteiger partial charge in [0.1, 0.15) is 12.6 Å². The largest absolute Gasteiger partial charge is 0.354 e. The van der Waals surface area contributed by atoms with E-state index >= 15 is 0 Å². The fourth-order valence-corrected chi connectivity index (χ4v) is 6.05. The van der Waals surface area contributed by atoms with Crippen molar-refractivity contribution in [2.24, 2.45) is 5.92 Å². The Hall–Kier alpha value is -2.78. The molecule has 2 amide bonds. The second-order valence-corrected chi connectivity index (χ2v) is 13.2. The highest BCUT2D eigenvalue weighted by atomic mass is 35.5. The van der Waals surface area contributed by atoms with Gasteiger partial charge in [-0.3, -0.25) is 13.9 Å². The smallest absolute Gasteiger partial charge is 0.264 e. The first-order chi connectivity index (χ1) is 19.3. The summed E-state index contributed by atoms with van der Waals surface area (Å²) in [5.74, 6) is -0.712. The predicted octanol–water partition coefficient (Wildman–Crippen LogP) is 6.73. The fourth-order valence-electron chi connectivity index (χ4n) is 4.16. The summed E-state index contributed by atoms with van der Waals surface area (Å²) in [6.07, 6.45) is 0.303. The molecule has 220 valence electrons. The number of halogens is 3. The topological polar surface area (TPSA) is 86.8 Å². The van der Waals surface area contributed by atoms with Crippen molar-refractivity contribution in [1.82, 2.24) is 10.2 Å². The zero-order valence-corrected chi connectivity index (χ0v) is 26.5. The van der Waals surface area contributed by atoms with Crippen LogP contribution in [0.1, 0.15) is 38.3 Å². The molecule has 3 aromatic carbocycles. The summed E-state index contributed by atoms with van der Waals surface area (Å²) in [7, 11) is -4.23. The zero-order chi connectivity index (χ0) is 30.3. The molecule has 0 aliphatic carbocycles. The van der Waals surface area contributed by atoms with Gasteiger partial charge in [0, 0.05) is 18.1 Å². The molecule has 0 aromatic heterocycles. The van der Waals surface area contributed by atoms with Crippen molar-refractivity contribution in [3.8, 4) is 0 Å². The Kier molecular flexibility index (Phi) is 11.5. The number of amides is 2. The number of rotatable bonds is 12. The van der Waals surface area contributed by atoms with Crippen LogP contribution in [-0.2, 0) is 26.2 Å². The molecule has 0 aliphatic heterocycles. The maximum atomic E-state index is 14.1. The summed E-state index contributed by atoms with van der Waals surface area (Å²) in [6, 6.07) is 16.8. The minimum Gasteiger partial charge on any atom is -0.354 e. The highest BCUT2D eigenvalue weighted by Gasteiger charge is 2.34. The maximum Gasteiger partial charge on any atom is 0.264 e. The molecule has 0 bridgehead atoms. The van der Waals surface area contributed by atoms with Crippen LogP contribution in [0.25, 0.3) is 0 Å². The second-order valence-electron chi connectivity index (χ2n) is 10.1. The third-order valence-electron chi connectivity index (χ3n) is 6.45. The number of sulfonamides is 1. The van der Waals surface area contributed by atoms with Crippen molar-refractivity contribution < 1.29 is 18.0 Å². The lowest BCUT2D eigenvalue weighted by molar-refractivity contribution is -0.140. The summed E-state index contributed by atoms with van der Waals surface area (Å²) in [5.41, 5.74) is 1.66. The SMILES string of the molecule is CCC(C(=O)NCC(C)C)N(Cc1ccccc1Cl)C(=O)CN(c1ccc(Cl)c(Cl)c1)S(=O)(=O)c1ccc(C)cc1. The van der Waals surface area contributed by atoms with E-state index in [9.17, 15) is 18.0 Å². The van der Waals surface area contributed by atoms with Gasteiger partial charge in [-0.15, -0.1) is 0 Å². The molecule has 3 aromatic rings. The van der Waals surface area contributed by atoms with Gasteiger partial charge in [-0.05, 0) is 61.2 Å². The van der Waals surface area contributed by atoms with Gasteiger partial charge in [-0.2, -0.15) is 0 Å². The summed E-state index contributed by atoms with van der Waals surface area (Å²) in [4.78, 5) is 28.8. The molecule has 7 nitrogen and oxygen atoms in total. The lowest BCUT2D eigenvalue weighted by atomic mass is 10.1. The highest BCUT2D eigenvalue weighted by molar-refractivity contribution is 7.92. The van der Waals surface area contributed by atoms with Gasteiger partial charge in [-0.1, -0.05) is 91.5 Å². The summed E-state index contributed by atoms with van der Waals surface area (Å²) in [6.45, 7) is 7.43. The molecular weight excluding hydrogens is 605 g/mol. The Morgan fingerprint density at radius 1 is 0.902 bits per heavy atom. The quantitative estimate of drug-likeness (QED) is 0.238. The number of nitrogens with one attached hydrogen (secondary N) is 1. The van der Waals surface area contributed by atoms with Gasteiger partial charge in [0.2, 0.25) is 11.8 Å². The number of anilines is 1. The maximum absolute atomic E-state index is 14.1. The Morgan fingerprint density at radius 2 is 1.56 bits per heavy atom. The number of aryl methyl sites for hydroxylation is 1. The third-order valence-corrected chi connectivity index (χ3v) is 9.34. The number of hydrogen-bond acceptors (Lipinski definition) is 4. The molecule has 0 radical (unpaired) electrons. The van der Waals surface area contributed by atoms with Crippen LogP contribution in [0.2, 0.25) is 15.1 Å². The van der Waals surface area contributed by atoms with Crippen LogP contribution in [0.15, 0.2) is 71.6 Å². The number of carbonyl (C=O) groups excluding carboxylic acids is 2. The molecule has 1 atom stereocenters. The summed E-state index contributed by atoms with van der Waals surface area (Å²) in [5, 5.41) is 3.70. The van der Waals surface area contributed by atoms with Gasteiger partial charge >= 0.3 is 0 Å². The molecule has 11 heteroatoms. The van der Waals surface area contributed by atoms with Gasteiger partial charge in [-0.25, -0.2) is 8.42 Å². The number of carbonyl (C=O) groups is 2. The van der Waals surface area contributed by atoms with Gasteiger partial charge < -0.3 is 10.2 Å². The van der Waals surface area contributed by atoms with Crippen LogP contribution in [0.4, 0.5) is 5.69 Å². The molecule has 0 aliphatic rings.